The zero-order chi connectivity index (χ0) is 13.2. The lowest BCUT2D eigenvalue weighted by molar-refractivity contribution is 0.249. The molecular weight excluding hydrogens is 248 g/mol. The lowest BCUT2D eigenvalue weighted by Crippen LogP contribution is -2.45. The molecule has 106 valence electrons. The second kappa shape index (κ2) is 5.88. The minimum absolute atomic E-state index is 0.146. The number of hydrogen-bond donors (Lipinski definition) is 2. The summed E-state index contributed by atoms with van der Waals surface area (Å²) >= 11 is 0. The van der Waals surface area contributed by atoms with Gasteiger partial charge in [-0.3, -0.25) is 0 Å². The normalized spacial score (nSPS) is 37.9. The van der Waals surface area contributed by atoms with E-state index in [9.17, 15) is 8.42 Å². The van der Waals surface area contributed by atoms with E-state index < -0.39 is 10.0 Å². The van der Waals surface area contributed by atoms with E-state index in [-0.39, 0.29) is 17.8 Å². The van der Waals surface area contributed by atoms with E-state index in [1.807, 2.05) is 0 Å². The maximum absolute atomic E-state index is 12.1. The van der Waals surface area contributed by atoms with Crippen LogP contribution in [0.3, 0.4) is 0 Å². The largest absolute Gasteiger partial charge is 0.313 e. The van der Waals surface area contributed by atoms with Crippen molar-refractivity contribution in [2.24, 2.45) is 11.8 Å². The standard InChI is InChI=1S/C13H26N2O2S/c1-10-5-6-13(11(2)8-10)15-18(16,17)9-12-4-3-7-14-12/h10-15H,3-9H2,1-2H3. The van der Waals surface area contributed by atoms with Gasteiger partial charge in [0.2, 0.25) is 10.0 Å². The van der Waals surface area contributed by atoms with Gasteiger partial charge in [0, 0.05) is 12.1 Å². The fourth-order valence-electron chi connectivity index (χ4n) is 3.28. The Hall–Kier alpha value is -0.130. The van der Waals surface area contributed by atoms with E-state index in [2.05, 4.69) is 23.9 Å². The molecule has 5 heteroatoms. The summed E-state index contributed by atoms with van der Waals surface area (Å²) in [5.41, 5.74) is 0. The maximum Gasteiger partial charge on any atom is 0.213 e. The Morgan fingerprint density at radius 3 is 2.61 bits per heavy atom. The predicted octanol–water partition coefficient (Wildman–Crippen LogP) is 1.48. The van der Waals surface area contributed by atoms with E-state index in [4.69, 9.17) is 0 Å². The van der Waals surface area contributed by atoms with Crippen molar-refractivity contribution in [2.75, 3.05) is 12.3 Å². The van der Waals surface area contributed by atoms with Crippen LogP contribution in [0, 0.1) is 11.8 Å². The molecule has 0 radical (unpaired) electrons. The predicted molar refractivity (Wildman–Crippen MR) is 73.9 cm³/mol. The molecule has 2 aliphatic rings. The molecule has 0 aromatic carbocycles. The Labute approximate surface area is 111 Å². The number of sulfonamides is 1. The topological polar surface area (TPSA) is 58.2 Å². The first-order valence-electron chi connectivity index (χ1n) is 7.19. The van der Waals surface area contributed by atoms with Gasteiger partial charge in [0.05, 0.1) is 5.75 Å². The van der Waals surface area contributed by atoms with E-state index >= 15 is 0 Å². The summed E-state index contributed by atoms with van der Waals surface area (Å²) in [6, 6.07) is 0.299. The van der Waals surface area contributed by atoms with E-state index in [0.717, 1.165) is 44.6 Å². The SMILES string of the molecule is CC1CCC(NS(=O)(=O)CC2CCCN2)C(C)C1. The van der Waals surface area contributed by atoms with Crippen LogP contribution < -0.4 is 10.0 Å². The zero-order valence-electron chi connectivity index (χ0n) is 11.5. The smallest absolute Gasteiger partial charge is 0.213 e. The third-order valence-electron chi connectivity index (χ3n) is 4.35. The van der Waals surface area contributed by atoms with Crippen molar-refractivity contribution in [1.29, 1.82) is 0 Å². The summed E-state index contributed by atoms with van der Waals surface area (Å²) < 4.78 is 27.2. The maximum atomic E-state index is 12.1. The highest BCUT2D eigenvalue weighted by molar-refractivity contribution is 7.89. The van der Waals surface area contributed by atoms with Gasteiger partial charge in [-0.25, -0.2) is 13.1 Å². The second-order valence-electron chi connectivity index (χ2n) is 6.19. The molecule has 2 rings (SSSR count). The first-order chi connectivity index (χ1) is 8.46. The van der Waals surface area contributed by atoms with Crippen LogP contribution in [-0.2, 0) is 10.0 Å². The molecule has 4 unspecified atom stereocenters. The van der Waals surface area contributed by atoms with Crippen molar-refractivity contribution in [3.8, 4) is 0 Å². The fourth-order valence-corrected chi connectivity index (χ4v) is 5.00. The van der Waals surface area contributed by atoms with Crippen LogP contribution in [0.25, 0.3) is 0 Å². The van der Waals surface area contributed by atoms with Crippen molar-refractivity contribution in [1.82, 2.24) is 10.0 Å². The van der Waals surface area contributed by atoms with Gasteiger partial charge in [-0.2, -0.15) is 0 Å². The van der Waals surface area contributed by atoms with Crippen molar-refractivity contribution >= 4 is 10.0 Å². The lowest BCUT2D eigenvalue weighted by Gasteiger charge is -2.33. The monoisotopic (exact) mass is 274 g/mol. The van der Waals surface area contributed by atoms with Crippen molar-refractivity contribution in [3.05, 3.63) is 0 Å². The Kier molecular flexibility index (Phi) is 4.67. The van der Waals surface area contributed by atoms with Crippen LogP contribution in [0.15, 0.2) is 0 Å². The highest BCUT2D eigenvalue weighted by Crippen LogP contribution is 2.29. The van der Waals surface area contributed by atoms with E-state index in [1.165, 1.54) is 0 Å². The quantitative estimate of drug-likeness (QED) is 0.816. The van der Waals surface area contributed by atoms with Gasteiger partial charge < -0.3 is 5.32 Å². The highest BCUT2D eigenvalue weighted by Gasteiger charge is 2.30. The molecule has 1 saturated heterocycles. The molecule has 0 aromatic heterocycles. The second-order valence-corrected chi connectivity index (χ2v) is 7.99. The van der Waals surface area contributed by atoms with Gasteiger partial charge >= 0.3 is 0 Å². The molecule has 4 atom stereocenters. The van der Waals surface area contributed by atoms with Crippen LogP contribution in [0.2, 0.25) is 0 Å². The van der Waals surface area contributed by atoms with Crippen LogP contribution in [-0.4, -0.2) is 32.8 Å². The van der Waals surface area contributed by atoms with Crippen LogP contribution in [0.5, 0.6) is 0 Å². The van der Waals surface area contributed by atoms with Crippen molar-refractivity contribution in [2.45, 2.75) is 58.0 Å². The summed E-state index contributed by atoms with van der Waals surface area (Å²) in [6.45, 7) is 5.37. The van der Waals surface area contributed by atoms with Crippen LogP contribution in [0.4, 0.5) is 0 Å². The molecule has 2 N–H and O–H groups in total. The molecule has 1 saturated carbocycles. The summed E-state index contributed by atoms with van der Waals surface area (Å²) in [7, 11) is -3.13. The van der Waals surface area contributed by atoms with Crippen LogP contribution >= 0.6 is 0 Å². The summed E-state index contributed by atoms with van der Waals surface area (Å²) in [4.78, 5) is 0. The number of rotatable bonds is 4. The first-order valence-corrected chi connectivity index (χ1v) is 8.85. The van der Waals surface area contributed by atoms with Gasteiger partial charge in [-0.05, 0) is 50.5 Å². The fraction of sp³-hybridized carbons (Fsp3) is 1.00. The molecule has 2 fully saturated rings. The van der Waals surface area contributed by atoms with E-state index in [0.29, 0.717) is 5.92 Å². The highest BCUT2D eigenvalue weighted by atomic mass is 32.2. The van der Waals surface area contributed by atoms with Gasteiger partial charge in [-0.15, -0.1) is 0 Å². The average Bonchev–Trinajstić information content (AvgIpc) is 2.74. The summed E-state index contributed by atoms with van der Waals surface area (Å²) in [5.74, 6) is 1.43. The zero-order valence-corrected chi connectivity index (χ0v) is 12.3. The molecule has 0 aromatic rings. The number of nitrogens with one attached hydrogen (secondary N) is 2. The molecule has 1 aliphatic carbocycles. The van der Waals surface area contributed by atoms with Crippen molar-refractivity contribution < 1.29 is 8.42 Å². The third kappa shape index (κ3) is 3.93. The van der Waals surface area contributed by atoms with Gasteiger partial charge in [0.1, 0.15) is 0 Å². The summed E-state index contributed by atoms with van der Waals surface area (Å²) in [6.07, 6.45) is 5.34. The molecule has 0 spiro atoms. The van der Waals surface area contributed by atoms with Crippen LogP contribution in [0.1, 0.15) is 46.0 Å². The third-order valence-corrected chi connectivity index (χ3v) is 5.85. The molecule has 1 aliphatic heterocycles. The Morgan fingerprint density at radius 1 is 1.22 bits per heavy atom. The van der Waals surface area contributed by atoms with Gasteiger partial charge in [-0.1, -0.05) is 13.8 Å². The number of hydrogen-bond acceptors (Lipinski definition) is 3. The van der Waals surface area contributed by atoms with E-state index in [1.54, 1.807) is 0 Å². The molecule has 4 nitrogen and oxygen atoms in total. The average molecular weight is 274 g/mol. The molecule has 18 heavy (non-hydrogen) atoms. The molecular formula is C13H26N2O2S. The molecule has 0 amide bonds. The lowest BCUT2D eigenvalue weighted by atomic mass is 9.80. The minimum Gasteiger partial charge on any atom is -0.313 e. The molecule has 0 bridgehead atoms. The summed E-state index contributed by atoms with van der Waals surface area (Å²) in [5, 5.41) is 3.25. The molecule has 1 heterocycles. The Balaban J connectivity index is 1.87. The minimum atomic E-state index is -3.13. The van der Waals surface area contributed by atoms with Gasteiger partial charge in [0.25, 0.3) is 0 Å². The first kappa shape index (κ1) is 14.3. The Morgan fingerprint density at radius 2 is 2.00 bits per heavy atom. The van der Waals surface area contributed by atoms with Crippen molar-refractivity contribution in [3.63, 3.8) is 0 Å². The Bertz CT molecular complexity index is 363. The van der Waals surface area contributed by atoms with Gasteiger partial charge in [0.15, 0.2) is 0 Å².